The Hall–Kier alpha value is -0.780. The summed E-state index contributed by atoms with van der Waals surface area (Å²) in [5.41, 5.74) is 5.60. The standard InChI is InChI=1S/C8H17N3O2S/c1-3-14(12,13)5-4-11-6-7(2)8(9)10-11/h7H,3-6H2,1-2H3,(H2,9,10). The van der Waals surface area contributed by atoms with Crippen LogP contribution in [0.4, 0.5) is 0 Å². The quantitative estimate of drug-likeness (QED) is 0.701. The SMILES string of the molecule is CCS(=O)(=O)CCN1CC(C)C(N)=N1. The van der Waals surface area contributed by atoms with Crippen LogP contribution in [-0.4, -0.2) is 43.9 Å². The lowest BCUT2D eigenvalue weighted by atomic mass is 10.2. The third-order valence-electron chi connectivity index (χ3n) is 2.35. The van der Waals surface area contributed by atoms with Gasteiger partial charge in [-0.25, -0.2) is 8.42 Å². The van der Waals surface area contributed by atoms with Gasteiger partial charge in [-0.15, -0.1) is 0 Å². The zero-order valence-corrected chi connectivity index (χ0v) is 9.42. The van der Waals surface area contributed by atoms with E-state index in [0.29, 0.717) is 12.4 Å². The molecule has 2 N–H and O–H groups in total. The third-order valence-corrected chi connectivity index (χ3v) is 4.03. The fraction of sp³-hybridized carbons (Fsp3) is 0.875. The minimum absolute atomic E-state index is 0.160. The molecule has 1 aliphatic rings. The van der Waals surface area contributed by atoms with E-state index >= 15 is 0 Å². The van der Waals surface area contributed by atoms with Crippen molar-refractivity contribution in [3.8, 4) is 0 Å². The number of nitrogens with two attached hydrogens (primary N) is 1. The molecule has 0 aromatic heterocycles. The summed E-state index contributed by atoms with van der Waals surface area (Å²) in [7, 11) is -2.89. The van der Waals surface area contributed by atoms with E-state index in [1.165, 1.54) is 0 Å². The Kier molecular flexibility index (Phi) is 3.36. The van der Waals surface area contributed by atoms with Crippen molar-refractivity contribution in [2.45, 2.75) is 13.8 Å². The van der Waals surface area contributed by atoms with Gasteiger partial charge in [0.1, 0.15) is 5.84 Å². The highest BCUT2D eigenvalue weighted by atomic mass is 32.2. The molecule has 1 heterocycles. The van der Waals surface area contributed by atoms with Gasteiger partial charge in [0.2, 0.25) is 0 Å². The second-order valence-corrected chi connectivity index (χ2v) is 6.05. The maximum Gasteiger partial charge on any atom is 0.151 e. The molecule has 1 aliphatic heterocycles. The zero-order valence-electron chi connectivity index (χ0n) is 8.60. The first-order chi connectivity index (χ1) is 6.44. The second kappa shape index (κ2) is 4.16. The van der Waals surface area contributed by atoms with Crippen molar-refractivity contribution < 1.29 is 8.42 Å². The lowest BCUT2D eigenvalue weighted by Crippen LogP contribution is -2.25. The Morgan fingerprint density at radius 2 is 2.29 bits per heavy atom. The molecule has 0 radical (unpaired) electrons. The predicted octanol–water partition coefficient (Wildman–Crippen LogP) is -0.355. The first-order valence-electron chi connectivity index (χ1n) is 4.74. The molecular formula is C8H17N3O2S. The van der Waals surface area contributed by atoms with E-state index in [4.69, 9.17) is 5.73 Å². The van der Waals surface area contributed by atoms with Crippen LogP contribution in [0.5, 0.6) is 0 Å². The van der Waals surface area contributed by atoms with Gasteiger partial charge in [0.15, 0.2) is 9.84 Å². The molecule has 5 nitrogen and oxygen atoms in total. The van der Waals surface area contributed by atoms with Gasteiger partial charge in [-0.2, -0.15) is 5.10 Å². The summed E-state index contributed by atoms with van der Waals surface area (Å²) in [5, 5.41) is 5.80. The smallest absolute Gasteiger partial charge is 0.151 e. The van der Waals surface area contributed by atoms with Crippen LogP contribution in [0, 0.1) is 5.92 Å². The number of sulfone groups is 1. The number of amidine groups is 1. The van der Waals surface area contributed by atoms with E-state index in [1.807, 2.05) is 6.92 Å². The Morgan fingerprint density at radius 1 is 1.64 bits per heavy atom. The molecule has 0 aliphatic carbocycles. The minimum Gasteiger partial charge on any atom is -0.385 e. The summed E-state index contributed by atoms with van der Waals surface area (Å²) >= 11 is 0. The molecule has 0 saturated heterocycles. The van der Waals surface area contributed by atoms with Crippen molar-refractivity contribution >= 4 is 15.7 Å². The molecular weight excluding hydrogens is 202 g/mol. The van der Waals surface area contributed by atoms with Gasteiger partial charge in [0.05, 0.1) is 12.3 Å². The Bertz CT molecular complexity index is 323. The fourth-order valence-corrected chi connectivity index (χ4v) is 2.02. The number of rotatable bonds is 4. The second-order valence-electron chi connectivity index (χ2n) is 3.57. The maximum atomic E-state index is 11.2. The summed E-state index contributed by atoms with van der Waals surface area (Å²) < 4.78 is 22.4. The van der Waals surface area contributed by atoms with Crippen molar-refractivity contribution in [3.63, 3.8) is 0 Å². The highest BCUT2D eigenvalue weighted by molar-refractivity contribution is 7.91. The van der Waals surface area contributed by atoms with Crippen molar-refractivity contribution in [1.82, 2.24) is 5.01 Å². The van der Waals surface area contributed by atoms with Crippen molar-refractivity contribution in [2.24, 2.45) is 16.8 Å². The lowest BCUT2D eigenvalue weighted by Gasteiger charge is -2.13. The first-order valence-corrected chi connectivity index (χ1v) is 6.56. The number of nitrogens with zero attached hydrogens (tertiary/aromatic N) is 2. The van der Waals surface area contributed by atoms with Crippen LogP contribution >= 0.6 is 0 Å². The summed E-state index contributed by atoms with van der Waals surface area (Å²) in [5.74, 6) is 1.18. The molecule has 0 aromatic rings. The van der Waals surface area contributed by atoms with Crippen molar-refractivity contribution in [2.75, 3.05) is 24.6 Å². The topological polar surface area (TPSA) is 75.8 Å². The van der Waals surface area contributed by atoms with Crippen LogP contribution in [-0.2, 0) is 9.84 Å². The molecule has 1 rings (SSSR count). The van der Waals surface area contributed by atoms with E-state index in [1.54, 1.807) is 11.9 Å². The van der Waals surface area contributed by atoms with Crippen molar-refractivity contribution in [3.05, 3.63) is 0 Å². The van der Waals surface area contributed by atoms with Crippen LogP contribution in [0.25, 0.3) is 0 Å². The highest BCUT2D eigenvalue weighted by Gasteiger charge is 2.21. The maximum absolute atomic E-state index is 11.2. The van der Waals surface area contributed by atoms with Crippen LogP contribution in [0.1, 0.15) is 13.8 Å². The van der Waals surface area contributed by atoms with E-state index < -0.39 is 9.84 Å². The van der Waals surface area contributed by atoms with E-state index in [2.05, 4.69) is 5.10 Å². The summed E-state index contributed by atoms with van der Waals surface area (Å²) in [4.78, 5) is 0. The predicted molar refractivity (Wildman–Crippen MR) is 56.7 cm³/mol. The molecule has 0 saturated carbocycles. The summed E-state index contributed by atoms with van der Waals surface area (Å²) in [6.45, 7) is 4.80. The van der Waals surface area contributed by atoms with Crippen molar-refractivity contribution in [1.29, 1.82) is 0 Å². The van der Waals surface area contributed by atoms with Gasteiger partial charge < -0.3 is 5.73 Å². The molecule has 1 unspecified atom stereocenters. The molecule has 82 valence electrons. The Morgan fingerprint density at radius 3 is 2.71 bits per heavy atom. The largest absolute Gasteiger partial charge is 0.385 e. The molecule has 14 heavy (non-hydrogen) atoms. The molecule has 6 heteroatoms. The zero-order chi connectivity index (χ0) is 10.8. The minimum atomic E-state index is -2.89. The monoisotopic (exact) mass is 219 g/mol. The fourth-order valence-electron chi connectivity index (χ4n) is 1.24. The molecule has 0 spiro atoms. The Balaban J connectivity index is 2.42. The molecule has 1 atom stereocenters. The van der Waals surface area contributed by atoms with Gasteiger partial charge in [-0.05, 0) is 0 Å². The van der Waals surface area contributed by atoms with Gasteiger partial charge in [0, 0.05) is 18.2 Å². The van der Waals surface area contributed by atoms with Crippen LogP contribution in [0.2, 0.25) is 0 Å². The Labute approximate surface area is 84.9 Å². The average Bonchev–Trinajstić information content (AvgIpc) is 2.44. The average molecular weight is 219 g/mol. The number of hydrogen-bond donors (Lipinski definition) is 1. The molecule has 0 bridgehead atoms. The molecule has 0 amide bonds. The van der Waals surface area contributed by atoms with Gasteiger partial charge in [0.25, 0.3) is 0 Å². The first kappa shape index (κ1) is 11.3. The number of hydrogen-bond acceptors (Lipinski definition) is 5. The van der Waals surface area contributed by atoms with Gasteiger partial charge in [-0.3, -0.25) is 5.01 Å². The summed E-state index contributed by atoms with van der Waals surface area (Å²) in [6, 6.07) is 0. The summed E-state index contributed by atoms with van der Waals surface area (Å²) in [6.07, 6.45) is 0. The highest BCUT2D eigenvalue weighted by Crippen LogP contribution is 2.09. The van der Waals surface area contributed by atoms with Gasteiger partial charge in [-0.1, -0.05) is 13.8 Å². The third kappa shape index (κ3) is 2.87. The van der Waals surface area contributed by atoms with E-state index in [0.717, 1.165) is 6.54 Å². The lowest BCUT2D eigenvalue weighted by molar-refractivity contribution is 0.317. The van der Waals surface area contributed by atoms with Gasteiger partial charge >= 0.3 is 0 Å². The molecule has 0 aromatic carbocycles. The van der Waals surface area contributed by atoms with Crippen LogP contribution < -0.4 is 5.73 Å². The normalized spacial score (nSPS) is 22.6. The van der Waals surface area contributed by atoms with Crippen LogP contribution in [0.3, 0.4) is 0 Å². The van der Waals surface area contributed by atoms with Crippen LogP contribution in [0.15, 0.2) is 5.10 Å². The van der Waals surface area contributed by atoms with E-state index in [-0.39, 0.29) is 17.4 Å². The van der Waals surface area contributed by atoms with E-state index in [9.17, 15) is 8.42 Å². The molecule has 0 fully saturated rings. The number of hydrazone groups is 1.